The largest absolute Gasteiger partial charge is 0.302 e. The molecule has 0 aromatic rings. The van der Waals surface area contributed by atoms with Crippen molar-refractivity contribution >= 4 is 15.9 Å². The summed E-state index contributed by atoms with van der Waals surface area (Å²) in [5.74, 6) is 0. The minimum absolute atomic E-state index is 0.463. The zero-order valence-electron chi connectivity index (χ0n) is 10.7. The van der Waals surface area contributed by atoms with E-state index >= 15 is 0 Å². The molecule has 0 N–H and O–H groups in total. The van der Waals surface area contributed by atoms with E-state index in [0.717, 1.165) is 10.9 Å². The molecule has 1 aliphatic rings. The van der Waals surface area contributed by atoms with Crippen molar-refractivity contribution in [3.63, 3.8) is 0 Å². The van der Waals surface area contributed by atoms with Gasteiger partial charge in [0.2, 0.25) is 0 Å². The minimum atomic E-state index is 0.463. The van der Waals surface area contributed by atoms with Crippen LogP contribution in [0.15, 0.2) is 0 Å². The fraction of sp³-hybridized carbons (Fsp3) is 1.00. The van der Waals surface area contributed by atoms with Crippen molar-refractivity contribution in [2.75, 3.05) is 13.6 Å². The van der Waals surface area contributed by atoms with Gasteiger partial charge in [-0.05, 0) is 38.3 Å². The summed E-state index contributed by atoms with van der Waals surface area (Å²) in [7, 11) is 2.29. The molecule has 0 bridgehead atoms. The molecule has 0 heterocycles. The summed E-state index contributed by atoms with van der Waals surface area (Å²) < 4.78 is 0. The van der Waals surface area contributed by atoms with Crippen molar-refractivity contribution in [2.24, 2.45) is 5.41 Å². The molecular weight excluding hydrogens is 250 g/mol. The van der Waals surface area contributed by atoms with Gasteiger partial charge in [0, 0.05) is 10.9 Å². The van der Waals surface area contributed by atoms with Gasteiger partial charge in [0.05, 0.1) is 0 Å². The molecule has 1 saturated carbocycles. The van der Waals surface area contributed by atoms with Crippen LogP contribution in [0.2, 0.25) is 0 Å². The van der Waals surface area contributed by atoms with Crippen LogP contribution in [0, 0.1) is 5.41 Å². The van der Waals surface area contributed by atoms with Crippen LogP contribution in [-0.2, 0) is 0 Å². The van der Waals surface area contributed by atoms with Crippen LogP contribution in [0.3, 0.4) is 0 Å². The van der Waals surface area contributed by atoms with Gasteiger partial charge in [-0.25, -0.2) is 0 Å². The maximum absolute atomic E-state index is 3.83. The van der Waals surface area contributed by atoms with Crippen LogP contribution >= 0.6 is 15.9 Å². The van der Waals surface area contributed by atoms with E-state index < -0.39 is 0 Å². The topological polar surface area (TPSA) is 3.24 Å². The van der Waals surface area contributed by atoms with Gasteiger partial charge in [-0.2, -0.15) is 0 Å². The smallest absolute Gasteiger partial charge is 0.0301 e. The zero-order valence-corrected chi connectivity index (χ0v) is 12.3. The Labute approximate surface area is 104 Å². The Kier molecular flexibility index (Phi) is 5.11. The van der Waals surface area contributed by atoms with Crippen molar-refractivity contribution in [1.82, 2.24) is 4.90 Å². The first-order chi connectivity index (χ1) is 6.90. The number of rotatable bonds is 3. The van der Waals surface area contributed by atoms with Crippen molar-refractivity contribution in [3.8, 4) is 0 Å². The second-order valence-corrected chi connectivity index (χ2v) is 7.34. The Morgan fingerprint density at radius 2 is 1.80 bits per heavy atom. The molecule has 2 unspecified atom stereocenters. The molecule has 0 radical (unpaired) electrons. The molecule has 0 aromatic heterocycles. The number of hydrogen-bond donors (Lipinski definition) is 0. The number of alkyl halides is 1. The van der Waals surface area contributed by atoms with E-state index in [9.17, 15) is 0 Å². The van der Waals surface area contributed by atoms with Crippen LogP contribution in [0.1, 0.15) is 52.9 Å². The van der Waals surface area contributed by atoms with Gasteiger partial charge < -0.3 is 4.90 Å². The monoisotopic (exact) mass is 275 g/mol. The van der Waals surface area contributed by atoms with Crippen LogP contribution in [-0.4, -0.2) is 29.4 Å². The second kappa shape index (κ2) is 5.67. The third-order valence-corrected chi connectivity index (χ3v) is 4.50. The van der Waals surface area contributed by atoms with Crippen LogP contribution in [0.5, 0.6) is 0 Å². The molecule has 0 amide bonds. The maximum Gasteiger partial charge on any atom is 0.0301 e. The first-order valence-electron chi connectivity index (χ1n) is 6.24. The lowest BCUT2D eigenvalue weighted by molar-refractivity contribution is 0.176. The average molecular weight is 276 g/mol. The zero-order chi connectivity index (χ0) is 11.5. The quantitative estimate of drug-likeness (QED) is 0.703. The Hall–Kier alpha value is 0.440. The van der Waals surface area contributed by atoms with E-state index in [0.29, 0.717) is 5.41 Å². The molecule has 15 heavy (non-hydrogen) atoms. The molecule has 0 saturated heterocycles. The van der Waals surface area contributed by atoms with Crippen molar-refractivity contribution < 1.29 is 0 Å². The third-order valence-electron chi connectivity index (χ3n) is 3.43. The van der Waals surface area contributed by atoms with Crippen molar-refractivity contribution in [3.05, 3.63) is 0 Å². The average Bonchev–Trinajstić information content (AvgIpc) is 2.14. The highest BCUT2D eigenvalue weighted by molar-refractivity contribution is 9.09. The molecule has 1 aliphatic carbocycles. The van der Waals surface area contributed by atoms with Crippen molar-refractivity contribution in [2.45, 2.75) is 63.7 Å². The highest BCUT2D eigenvalue weighted by Gasteiger charge is 2.26. The SMILES string of the molecule is CN(CCC(C)(C)C)C1CCCCC1Br. The first kappa shape index (κ1) is 13.5. The second-order valence-electron chi connectivity index (χ2n) is 6.16. The minimum Gasteiger partial charge on any atom is -0.302 e. The molecule has 0 spiro atoms. The van der Waals surface area contributed by atoms with Crippen LogP contribution in [0.4, 0.5) is 0 Å². The molecule has 2 atom stereocenters. The third kappa shape index (κ3) is 4.86. The molecule has 1 nitrogen and oxygen atoms in total. The molecule has 1 rings (SSSR count). The van der Waals surface area contributed by atoms with Crippen LogP contribution < -0.4 is 0 Å². The predicted molar refractivity (Wildman–Crippen MR) is 71.7 cm³/mol. The Bertz CT molecular complexity index is 185. The van der Waals surface area contributed by atoms with E-state index in [2.05, 4.69) is 48.6 Å². The fourth-order valence-electron chi connectivity index (χ4n) is 2.24. The number of halogens is 1. The summed E-state index contributed by atoms with van der Waals surface area (Å²) in [5, 5.41) is 0. The maximum atomic E-state index is 3.83. The highest BCUT2D eigenvalue weighted by atomic mass is 79.9. The van der Waals surface area contributed by atoms with Gasteiger partial charge >= 0.3 is 0 Å². The Morgan fingerprint density at radius 3 is 2.33 bits per heavy atom. The number of nitrogens with zero attached hydrogens (tertiary/aromatic N) is 1. The molecular formula is C13H26BrN. The fourth-order valence-corrected chi connectivity index (χ4v) is 3.23. The summed E-state index contributed by atoms with van der Waals surface area (Å²) in [4.78, 5) is 3.28. The molecule has 0 aromatic carbocycles. The molecule has 2 heteroatoms. The van der Waals surface area contributed by atoms with Gasteiger partial charge in [0.15, 0.2) is 0 Å². The lowest BCUT2D eigenvalue weighted by Crippen LogP contribution is -2.41. The lowest BCUT2D eigenvalue weighted by Gasteiger charge is -2.36. The van der Waals surface area contributed by atoms with Gasteiger partial charge in [0.1, 0.15) is 0 Å². The standard InChI is InChI=1S/C13H26BrN/c1-13(2,3)9-10-15(4)12-8-6-5-7-11(12)14/h11-12H,5-10H2,1-4H3. The van der Waals surface area contributed by atoms with E-state index in [1.807, 2.05) is 0 Å². The van der Waals surface area contributed by atoms with Gasteiger partial charge in [-0.15, -0.1) is 0 Å². The molecule has 90 valence electrons. The summed E-state index contributed by atoms with van der Waals surface area (Å²) in [6.07, 6.45) is 6.83. The van der Waals surface area contributed by atoms with E-state index in [1.54, 1.807) is 0 Å². The summed E-state index contributed by atoms with van der Waals surface area (Å²) in [6, 6.07) is 0.765. The van der Waals surface area contributed by atoms with E-state index in [4.69, 9.17) is 0 Å². The molecule has 0 aliphatic heterocycles. The first-order valence-corrected chi connectivity index (χ1v) is 7.16. The Balaban J connectivity index is 2.35. The van der Waals surface area contributed by atoms with Crippen LogP contribution in [0.25, 0.3) is 0 Å². The van der Waals surface area contributed by atoms with Gasteiger partial charge in [-0.1, -0.05) is 49.5 Å². The summed E-state index contributed by atoms with van der Waals surface area (Å²) in [6.45, 7) is 8.21. The lowest BCUT2D eigenvalue weighted by atomic mass is 9.90. The van der Waals surface area contributed by atoms with Gasteiger partial charge in [-0.3, -0.25) is 0 Å². The van der Waals surface area contributed by atoms with E-state index in [1.165, 1.54) is 38.6 Å². The number of hydrogen-bond acceptors (Lipinski definition) is 1. The Morgan fingerprint density at radius 1 is 1.20 bits per heavy atom. The van der Waals surface area contributed by atoms with Crippen molar-refractivity contribution in [1.29, 1.82) is 0 Å². The normalized spacial score (nSPS) is 28.4. The summed E-state index contributed by atoms with van der Waals surface area (Å²) >= 11 is 3.83. The van der Waals surface area contributed by atoms with Gasteiger partial charge in [0.25, 0.3) is 0 Å². The summed E-state index contributed by atoms with van der Waals surface area (Å²) in [5.41, 5.74) is 0.463. The molecule has 1 fully saturated rings. The predicted octanol–water partition coefficient (Wildman–Crippen LogP) is 4.06. The highest BCUT2D eigenvalue weighted by Crippen LogP contribution is 2.29. The van der Waals surface area contributed by atoms with E-state index in [-0.39, 0.29) is 0 Å².